The van der Waals surface area contributed by atoms with E-state index in [2.05, 4.69) is 0 Å². The van der Waals surface area contributed by atoms with E-state index in [1.54, 1.807) is 13.0 Å². The second-order valence-corrected chi connectivity index (χ2v) is 4.08. The van der Waals surface area contributed by atoms with Crippen LogP contribution in [0.3, 0.4) is 0 Å². The predicted octanol–water partition coefficient (Wildman–Crippen LogP) is 1.36. The van der Waals surface area contributed by atoms with E-state index in [9.17, 15) is 4.79 Å². The number of allylic oxidation sites excluding steroid dienone is 1. The van der Waals surface area contributed by atoms with Gasteiger partial charge in [0.05, 0.1) is 19.1 Å². The zero-order valence-electron chi connectivity index (χ0n) is 9.72. The van der Waals surface area contributed by atoms with Crippen LogP contribution in [-0.4, -0.2) is 25.5 Å². The fourth-order valence-corrected chi connectivity index (χ4v) is 2.24. The highest BCUT2D eigenvalue weighted by molar-refractivity contribution is 5.75. The minimum atomic E-state index is -0.488. The van der Waals surface area contributed by atoms with Crippen molar-refractivity contribution in [2.24, 2.45) is 11.8 Å². The number of nitriles is 1. The number of carbonyl (C=O) groups excluding carboxylic acids is 1. The largest absolute Gasteiger partial charge is 0.466 e. The zero-order valence-corrected chi connectivity index (χ0v) is 9.72. The van der Waals surface area contributed by atoms with E-state index in [4.69, 9.17) is 19.5 Å². The molecule has 1 fully saturated rings. The molecule has 0 aromatic rings. The number of nitrogens with zero attached hydrogens (tertiary/aromatic N) is 1. The quantitative estimate of drug-likeness (QED) is 0.678. The van der Waals surface area contributed by atoms with Crippen LogP contribution >= 0.6 is 0 Å². The molecule has 0 aliphatic carbocycles. The van der Waals surface area contributed by atoms with Crippen LogP contribution in [0, 0.1) is 23.2 Å². The summed E-state index contributed by atoms with van der Waals surface area (Å²) in [6.07, 6.45) is 2.81. The van der Waals surface area contributed by atoms with Gasteiger partial charge >= 0.3 is 5.97 Å². The van der Waals surface area contributed by atoms with E-state index >= 15 is 0 Å². The van der Waals surface area contributed by atoms with E-state index in [0.29, 0.717) is 13.2 Å². The maximum atomic E-state index is 11.8. The SMILES string of the molecule is CCOC(=O)[C@H]1C=C(C#N)O[C@H]2OCCC[C@@H]21. The molecule has 92 valence electrons. The van der Waals surface area contributed by atoms with Gasteiger partial charge in [0.15, 0.2) is 5.76 Å². The lowest BCUT2D eigenvalue weighted by molar-refractivity contribution is -0.194. The molecule has 0 unspecified atom stereocenters. The molecular formula is C12H15NO4. The summed E-state index contributed by atoms with van der Waals surface area (Å²) in [5, 5.41) is 8.86. The topological polar surface area (TPSA) is 68.6 Å². The predicted molar refractivity (Wildman–Crippen MR) is 57.4 cm³/mol. The fourth-order valence-electron chi connectivity index (χ4n) is 2.24. The van der Waals surface area contributed by atoms with Gasteiger partial charge < -0.3 is 14.2 Å². The summed E-state index contributed by atoms with van der Waals surface area (Å²) in [6, 6.07) is 1.92. The third kappa shape index (κ3) is 2.42. The van der Waals surface area contributed by atoms with E-state index in [0.717, 1.165) is 12.8 Å². The van der Waals surface area contributed by atoms with Crippen molar-refractivity contribution in [3.05, 3.63) is 11.8 Å². The summed E-state index contributed by atoms with van der Waals surface area (Å²) in [4.78, 5) is 11.8. The minimum Gasteiger partial charge on any atom is -0.466 e. The molecule has 2 heterocycles. The Labute approximate surface area is 99.9 Å². The van der Waals surface area contributed by atoms with Gasteiger partial charge in [-0.3, -0.25) is 4.79 Å². The van der Waals surface area contributed by atoms with Crippen molar-refractivity contribution < 1.29 is 19.0 Å². The second-order valence-electron chi connectivity index (χ2n) is 4.08. The van der Waals surface area contributed by atoms with Gasteiger partial charge in [-0.05, 0) is 25.8 Å². The highest BCUT2D eigenvalue weighted by Gasteiger charge is 2.41. The van der Waals surface area contributed by atoms with E-state index < -0.39 is 12.2 Å². The summed E-state index contributed by atoms with van der Waals surface area (Å²) in [5.41, 5.74) is 0. The van der Waals surface area contributed by atoms with Gasteiger partial charge in [-0.25, -0.2) is 0 Å². The molecule has 3 atom stereocenters. The molecule has 2 aliphatic heterocycles. The lowest BCUT2D eigenvalue weighted by Crippen LogP contribution is -2.42. The van der Waals surface area contributed by atoms with Gasteiger partial charge in [-0.2, -0.15) is 5.26 Å². The van der Waals surface area contributed by atoms with E-state index in [1.807, 2.05) is 6.07 Å². The lowest BCUT2D eigenvalue weighted by Gasteiger charge is -2.37. The Bertz CT molecular complexity index is 371. The van der Waals surface area contributed by atoms with Gasteiger partial charge in [0.2, 0.25) is 6.29 Å². The number of ether oxygens (including phenoxy) is 3. The molecule has 2 aliphatic rings. The first-order valence-electron chi connectivity index (χ1n) is 5.83. The van der Waals surface area contributed by atoms with Crippen LogP contribution in [0.2, 0.25) is 0 Å². The summed E-state index contributed by atoms with van der Waals surface area (Å²) in [5.74, 6) is -0.626. The van der Waals surface area contributed by atoms with Crippen LogP contribution in [0.15, 0.2) is 11.8 Å². The molecule has 0 spiro atoms. The van der Waals surface area contributed by atoms with E-state index in [-0.39, 0.29) is 17.6 Å². The lowest BCUT2D eigenvalue weighted by atomic mass is 9.84. The summed E-state index contributed by atoms with van der Waals surface area (Å²) in [6.45, 7) is 2.71. The van der Waals surface area contributed by atoms with Gasteiger partial charge in [0, 0.05) is 5.92 Å². The highest BCUT2D eigenvalue weighted by atomic mass is 16.7. The Morgan fingerprint density at radius 1 is 1.71 bits per heavy atom. The van der Waals surface area contributed by atoms with Crippen LogP contribution in [0.4, 0.5) is 0 Å². The van der Waals surface area contributed by atoms with Crippen LogP contribution in [0.5, 0.6) is 0 Å². The zero-order chi connectivity index (χ0) is 12.3. The molecule has 0 aromatic heterocycles. The van der Waals surface area contributed by atoms with Crippen LogP contribution in [0.25, 0.3) is 0 Å². The van der Waals surface area contributed by atoms with Gasteiger partial charge in [-0.15, -0.1) is 0 Å². The van der Waals surface area contributed by atoms with Crippen molar-refractivity contribution >= 4 is 5.97 Å². The number of carbonyl (C=O) groups is 1. The maximum Gasteiger partial charge on any atom is 0.313 e. The molecule has 1 saturated heterocycles. The van der Waals surface area contributed by atoms with Crippen LogP contribution in [-0.2, 0) is 19.0 Å². The molecule has 5 nitrogen and oxygen atoms in total. The Balaban J connectivity index is 2.20. The molecule has 2 rings (SSSR count). The number of hydrogen-bond acceptors (Lipinski definition) is 5. The van der Waals surface area contributed by atoms with Crippen LogP contribution < -0.4 is 0 Å². The molecule has 0 bridgehead atoms. The molecule has 17 heavy (non-hydrogen) atoms. The van der Waals surface area contributed by atoms with Crippen molar-refractivity contribution in [2.75, 3.05) is 13.2 Å². The van der Waals surface area contributed by atoms with Crippen molar-refractivity contribution in [2.45, 2.75) is 26.1 Å². The molecule has 0 N–H and O–H groups in total. The number of hydrogen-bond donors (Lipinski definition) is 0. The van der Waals surface area contributed by atoms with Gasteiger partial charge in [0.1, 0.15) is 6.07 Å². The smallest absolute Gasteiger partial charge is 0.313 e. The first kappa shape index (κ1) is 11.9. The standard InChI is InChI=1S/C12H15NO4/c1-2-15-11(14)10-6-8(7-13)17-12-9(10)4-3-5-16-12/h6,9-10,12H,2-5H2,1H3/t9-,10+,12-/m1/s1. The monoisotopic (exact) mass is 237 g/mol. The first-order valence-corrected chi connectivity index (χ1v) is 5.83. The van der Waals surface area contributed by atoms with Gasteiger partial charge in [0.25, 0.3) is 0 Å². The molecule has 0 saturated carbocycles. The molecular weight excluding hydrogens is 222 g/mol. The minimum absolute atomic E-state index is 0.0418. The summed E-state index contributed by atoms with van der Waals surface area (Å²) >= 11 is 0. The fraction of sp³-hybridized carbons (Fsp3) is 0.667. The normalized spacial score (nSPS) is 31.5. The Morgan fingerprint density at radius 2 is 2.53 bits per heavy atom. The Kier molecular flexibility index (Phi) is 3.64. The Morgan fingerprint density at radius 3 is 3.24 bits per heavy atom. The highest BCUT2D eigenvalue weighted by Crippen LogP contribution is 2.35. The van der Waals surface area contributed by atoms with Crippen molar-refractivity contribution in [3.63, 3.8) is 0 Å². The number of esters is 1. The second kappa shape index (κ2) is 5.19. The van der Waals surface area contributed by atoms with Crippen molar-refractivity contribution in [3.8, 4) is 6.07 Å². The Hall–Kier alpha value is -1.54. The van der Waals surface area contributed by atoms with Crippen molar-refractivity contribution in [1.29, 1.82) is 5.26 Å². The summed E-state index contributed by atoms with van der Waals surface area (Å²) < 4.78 is 15.8. The molecule has 0 amide bonds. The van der Waals surface area contributed by atoms with Crippen LogP contribution in [0.1, 0.15) is 19.8 Å². The third-order valence-corrected chi connectivity index (χ3v) is 3.02. The molecule has 5 heteroatoms. The van der Waals surface area contributed by atoms with Crippen molar-refractivity contribution in [1.82, 2.24) is 0 Å². The third-order valence-electron chi connectivity index (χ3n) is 3.02. The first-order chi connectivity index (χ1) is 8.26. The van der Waals surface area contributed by atoms with E-state index in [1.165, 1.54) is 0 Å². The average Bonchev–Trinajstić information content (AvgIpc) is 2.37. The average molecular weight is 237 g/mol. The molecule has 0 aromatic carbocycles. The number of rotatable bonds is 2. The summed E-state index contributed by atoms with van der Waals surface area (Å²) in [7, 11) is 0. The van der Waals surface area contributed by atoms with Gasteiger partial charge in [-0.1, -0.05) is 0 Å². The maximum absolute atomic E-state index is 11.8. The molecule has 0 radical (unpaired) electrons. The number of fused-ring (bicyclic) bond motifs is 1.